The minimum Gasteiger partial charge on any atom is -0.316 e. The Morgan fingerprint density at radius 2 is 2.12 bits per heavy atom. The van der Waals surface area contributed by atoms with Crippen LogP contribution in [0.1, 0.15) is 18.1 Å². The highest BCUT2D eigenvalue weighted by Crippen LogP contribution is 2.17. The van der Waals surface area contributed by atoms with Gasteiger partial charge >= 0.3 is 0 Å². The number of likely N-dealkylation sites (N-methyl/N-ethyl adjacent to an activating group) is 2. The zero-order valence-corrected chi connectivity index (χ0v) is 11.1. The summed E-state index contributed by atoms with van der Waals surface area (Å²) >= 11 is 6.09. The molecule has 90 valence electrons. The van der Waals surface area contributed by atoms with Crippen LogP contribution in [0, 0.1) is 6.92 Å². The second-order valence-electron chi connectivity index (χ2n) is 4.17. The number of rotatable bonds is 6. The van der Waals surface area contributed by atoms with Gasteiger partial charge in [0.05, 0.1) is 0 Å². The molecule has 3 heteroatoms. The van der Waals surface area contributed by atoms with Gasteiger partial charge in [0.2, 0.25) is 0 Å². The monoisotopic (exact) mass is 240 g/mol. The lowest BCUT2D eigenvalue weighted by Crippen LogP contribution is -2.28. The Morgan fingerprint density at radius 3 is 2.75 bits per heavy atom. The third-order valence-corrected chi connectivity index (χ3v) is 3.02. The van der Waals surface area contributed by atoms with E-state index in [-0.39, 0.29) is 0 Å². The molecule has 0 aliphatic carbocycles. The maximum absolute atomic E-state index is 6.09. The maximum Gasteiger partial charge on any atom is 0.0438 e. The molecule has 0 atom stereocenters. The van der Waals surface area contributed by atoms with E-state index in [1.807, 2.05) is 6.92 Å². The Labute approximate surface area is 104 Å². The fourth-order valence-corrected chi connectivity index (χ4v) is 1.78. The molecule has 0 spiro atoms. The van der Waals surface area contributed by atoms with E-state index < -0.39 is 0 Å². The number of hydrogen-bond donors (Lipinski definition) is 1. The standard InChI is InChI=1S/C13H21ClN2/c1-4-15-7-8-16(3)10-12-6-5-11(2)13(14)9-12/h5-6,9,15H,4,7-8,10H2,1-3H3. The van der Waals surface area contributed by atoms with Crippen molar-refractivity contribution in [1.29, 1.82) is 0 Å². The van der Waals surface area contributed by atoms with E-state index in [1.165, 1.54) is 5.56 Å². The molecular weight excluding hydrogens is 220 g/mol. The predicted octanol–water partition coefficient (Wildman–Crippen LogP) is 2.69. The minimum atomic E-state index is 0.859. The van der Waals surface area contributed by atoms with E-state index >= 15 is 0 Å². The summed E-state index contributed by atoms with van der Waals surface area (Å²) < 4.78 is 0. The number of benzene rings is 1. The molecule has 0 aliphatic rings. The normalized spacial score (nSPS) is 11.1. The van der Waals surface area contributed by atoms with E-state index in [0.29, 0.717) is 0 Å². The summed E-state index contributed by atoms with van der Waals surface area (Å²) in [4.78, 5) is 2.30. The molecule has 1 aromatic carbocycles. The topological polar surface area (TPSA) is 15.3 Å². The van der Waals surface area contributed by atoms with Gasteiger partial charge in [0, 0.05) is 24.7 Å². The first-order valence-electron chi connectivity index (χ1n) is 5.77. The van der Waals surface area contributed by atoms with E-state index in [4.69, 9.17) is 11.6 Å². The Bertz CT molecular complexity index is 326. The highest BCUT2D eigenvalue weighted by atomic mass is 35.5. The van der Waals surface area contributed by atoms with Crippen LogP contribution in [0.3, 0.4) is 0 Å². The van der Waals surface area contributed by atoms with Gasteiger partial charge in [-0.05, 0) is 37.7 Å². The number of hydrogen-bond acceptors (Lipinski definition) is 2. The molecule has 0 saturated carbocycles. The third-order valence-electron chi connectivity index (χ3n) is 2.61. The molecule has 0 unspecified atom stereocenters. The average Bonchev–Trinajstić information content (AvgIpc) is 2.24. The first-order chi connectivity index (χ1) is 7.63. The van der Waals surface area contributed by atoms with Crippen LogP contribution in [0.15, 0.2) is 18.2 Å². The zero-order chi connectivity index (χ0) is 12.0. The van der Waals surface area contributed by atoms with Crippen molar-refractivity contribution in [2.45, 2.75) is 20.4 Å². The molecule has 0 amide bonds. The summed E-state index contributed by atoms with van der Waals surface area (Å²) in [5.41, 5.74) is 2.41. The molecule has 0 aromatic heterocycles. The predicted molar refractivity (Wildman–Crippen MR) is 71.1 cm³/mol. The molecule has 0 heterocycles. The Balaban J connectivity index is 2.43. The zero-order valence-electron chi connectivity index (χ0n) is 10.4. The maximum atomic E-state index is 6.09. The minimum absolute atomic E-state index is 0.859. The average molecular weight is 241 g/mol. The van der Waals surface area contributed by atoms with Crippen molar-refractivity contribution < 1.29 is 0 Å². The summed E-state index contributed by atoms with van der Waals surface area (Å²) in [5, 5.41) is 4.18. The molecule has 16 heavy (non-hydrogen) atoms. The van der Waals surface area contributed by atoms with Gasteiger partial charge in [0.15, 0.2) is 0 Å². The third kappa shape index (κ3) is 4.52. The number of halogens is 1. The van der Waals surface area contributed by atoms with Gasteiger partial charge in [-0.2, -0.15) is 0 Å². The van der Waals surface area contributed by atoms with E-state index in [0.717, 1.165) is 36.8 Å². The largest absolute Gasteiger partial charge is 0.316 e. The lowest BCUT2D eigenvalue weighted by Gasteiger charge is -2.17. The van der Waals surface area contributed by atoms with Gasteiger partial charge in [-0.3, -0.25) is 0 Å². The molecule has 0 aliphatic heterocycles. The van der Waals surface area contributed by atoms with Crippen LogP contribution in [0.5, 0.6) is 0 Å². The lowest BCUT2D eigenvalue weighted by atomic mass is 10.1. The van der Waals surface area contributed by atoms with Crippen molar-refractivity contribution in [1.82, 2.24) is 10.2 Å². The van der Waals surface area contributed by atoms with Crippen LogP contribution in [-0.2, 0) is 6.54 Å². The summed E-state index contributed by atoms with van der Waals surface area (Å²) in [6.07, 6.45) is 0. The van der Waals surface area contributed by atoms with Crippen molar-refractivity contribution in [3.8, 4) is 0 Å². The Kier molecular flexibility index (Phi) is 5.81. The van der Waals surface area contributed by atoms with E-state index in [2.05, 4.69) is 42.4 Å². The van der Waals surface area contributed by atoms with Crippen molar-refractivity contribution in [3.05, 3.63) is 34.3 Å². The van der Waals surface area contributed by atoms with Crippen molar-refractivity contribution in [2.24, 2.45) is 0 Å². The Hall–Kier alpha value is -0.570. The summed E-state index contributed by atoms with van der Waals surface area (Å²) in [6.45, 7) is 8.22. The van der Waals surface area contributed by atoms with Gasteiger partial charge in [0.25, 0.3) is 0 Å². The van der Waals surface area contributed by atoms with Crippen LogP contribution >= 0.6 is 11.6 Å². The molecule has 0 bridgehead atoms. The molecule has 0 fully saturated rings. The number of aryl methyl sites for hydroxylation is 1. The molecular formula is C13H21ClN2. The van der Waals surface area contributed by atoms with Crippen LogP contribution < -0.4 is 5.32 Å². The lowest BCUT2D eigenvalue weighted by molar-refractivity contribution is 0.325. The number of nitrogens with zero attached hydrogens (tertiary/aromatic N) is 1. The highest BCUT2D eigenvalue weighted by molar-refractivity contribution is 6.31. The van der Waals surface area contributed by atoms with Crippen LogP contribution in [0.4, 0.5) is 0 Å². The smallest absolute Gasteiger partial charge is 0.0438 e. The molecule has 1 rings (SSSR count). The molecule has 2 nitrogen and oxygen atoms in total. The fraction of sp³-hybridized carbons (Fsp3) is 0.538. The second kappa shape index (κ2) is 6.89. The quantitative estimate of drug-likeness (QED) is 0.770. The van der Waals surface area contributed by atoms with Crippen molar-refractivity contribution in [2.75, 3.05) is 26.7 Å². The van der Waals surface area contributed by atoms with Gasteiger partial charge in [-0.25, -0.2) is 0 Å². The van der Waals surface area contributed by atoms with Crippen LogP contribution in [0.2, 0.25) is 5.02 Å². The summed E-state index contributed by atoms with van der Waals surface area (Å²) in [6, 6.07) is 6.28. The van der Waals surface area contributed by atoms with Crippen LogP contribution in [-0.4, -0.2) is 31.6 Å². The molecule has 1 aromatic rings. The molecule has 0 saturated heterocycles. The van der Waals surface area contributed by atoms with Gasteiger partial charge in [-0.15, -0.1) is 0 Å². The van der Waals surface area contributed by atoms with Crippen molar-refractivity contribution in [3.63, 3.8) is 0 Å². The number of nitrogens with one attached hydrogen (secondary N) is 1. The summed E-state index contributed by atoms with van der Waals surface area (Å²) in [7, 11) is 2.13. The first-order valence-corrected chi connectivity index (χ1v) is 6.15. The van der Waals surface area contributed by atoms with Gasteiger partial charge < -0.3 is 10.2 Å². The second-order valence-corrected chi connectivity index (χ2v) is 4.58. The van der Waals surface area contributed by atoms with Crippen molar-refractivity contribution >= 4 is 11.6 Å². The summed E-state index contributed by atoms with van der Waals surface area (Å²) in [5.74, 6) is 0. The molecule has 1 N–H and O–H groups in total. The van der Waals surface area contributed by atoms with E-state index in [1.54, 1.807) is 0 Å². The van der Waals surface area contributed by atoms with E-state index in [9.17, 15) is 0 Å². The Morgan fingerprint density at radius 1 is 1.38 bits per heavy atom. The van der Waals surface area contributed by atoms with Crippen LogP contribution in [0.25, 0.3) is 0 Å². The highest BCUT2D eigenvalue weighted by Gasteiger charge is 2.02. The fourth-order valence-electron chi connectivity index (χ4n) is 1.57. The van der Waals surface area contributed by atoms with Gasteiger partial charge in [-0.1, -0.05) is 30.7 Å². The molecule has 0 radical (unpaired) electrons. The SMILES string of the molecule is CCNCCN(C)Cc1ccc(C)c(Cl)c1. The first kappa shape index (κ1) is 13.5. The van der Waals surface area contributed by atoms with Gasteiger partial charge in [0.1, 0.15) is 0 Å².